The van der Waals surface area contributed by atoms with Crippen LogP contribution in [0.1, 0.15) is 22.3 Å². The van der Waals surface area contributed by atoms with Gasteiger partial charge in [-0.3, -0.25) is 0 Å². The Morgan fingerprint density at radius 1 is 0.339 bits per heavy atom. The van der Waals surface area contributed by atoms with Crippen LogP contribution in [0.4, 0.5) is 17.1 Å². The third-order valence-electron chi connectivity index (χ3n) is 12.5. The second-order valence-corrected chi connectivity index (χ2v) is 16.6. The zero-order valence-corrected chi connectivity index (χ0v) is 33.0. The first-order valence-corrected chi connectivity index (χ1v) is 21.2. The molecular formula is C57H37NS. The highest BCUT2D eigenvalue weighted by Crippen LogP contribution is 2.60. The molecule has 0 saturated carbocycles. The summed E-state index contributed by atoms with van der Waals surface area (Å²) < 4.78 is 2.64. The van der Waals surface area contributed by atoms with Gasteiger partial charge in [-0.15, -0.1) is 11.3 Å². The van der Waals surface area contributed by atoms with Crippen molar-refractivity contribution in [3.8, 4) is 22.3 Å². The predicted molar refractivity (Wildman–Crippen MR) is 252 cm³/mol. The van der Waals surface area contributed by atoms with Crippen LogP contribution in [0, 0.1) is 0 Å². The summed E-state index contributed by atoms with van der Waals surface area (Å²) in [6, 6.07) is 83.2. The topological polar surface area (TPSA) is 3.24 Å². The van der Waals surface area contributed by atoms with Crippen LogP contribution in [0.15, 0.2) is 224 Å². The Morgan fingerprint density at radius 2 is 0.898 bits per heavy atom. The zero-order chi connectivity index (χ0) is 38.9. The van der Waals surface area contributed by atoms with Gasteiger partial charge in [0, 0.05) is 42.6 Å². The summed E-state index contributed by atoms with van der Waals surface area (Å²) in [6.07, 6.45) is 0. The van der Waals surface area contributed by atoms with Crippen LogP contribution in [0.25, 0.3) is 64.0 Å². The number of fused-ring (bicyclic) bond motifs is 9. The molecule has 12 rings (SSSR count). The van der Waals surface area contributed by atoms with E-state index in [1.165, 1.54) is 86.2 Å². The normalized spacial score (nSPS) is 12.9. The molecule has 0 N–H and O–H groups in total. The van der Waals surface area contributed by atoms with Crippen LogP contribution in [0.2, 0.25) is 0 Å². The summed E-state index contributed by atoms with van der Waals surface area (Å²) in [5.74, 6) is 0. The van der Waals surface area contributed by atoms with Crippen LogP contribution >= 0.6 is 11.3 Å². The maximum absolute atomic E-state index is 2.55. The first-order chi connectivity index (χ1) is 29.3. The summed E-state index contributed by atoms with van der Waals surface area (Å²) >= 11 is 1.91. The summed E-state index contributed by atoms with van der Waals surface area (Å²) in [4.78, 5) is 2.55. The smallest absolute Gasteiger partial charge is 0.0734 e. The van der Waals surface area contributed by atoms with E-state index in [-0.39, 0.29) is 0 Å². The van der Waals surface area contributed by atoms with Crippen molar-refractivity contribution in [3.05, 3.63) is 247 Å². The summed E-state index contributed by atoms with van der Waals surface area (Å²) in [5.41, 5.74) is 12.9. The molecule has 1 heterocycles. The molecule has 0 atom stereocenters. The van der Waals surface area contributed by atoms with Crippen molar-refractivity contribution in [1.29, 1.82) is 0 Å². The van der Waals surface area contributed by atoms with Gasteiger partial charge in [-0.05, 0) is 73.6 Å². The maximum atomic E-state index is 2.55. The molecule has 2 heteroatoms. The third-order valence-corrected chi connectivity index (χ3v) is 13.8. The van der Waals surface area contributed by atoms with E-state index >= 15 is 0 Å². The molecule has 11 aromatic rings. The van der Waals surface area contributed by atoms with Gasteiger partial charge in [-0.2, -0.15) is 0 Å². The molecule has 1 aliphatic rings. The standard InChI is InChI=1S/C57H37NS/c1-3-20-41(21-4-1)57(42-22-5-2-6-23-42)51-30-13-11-25-45(51)47-27-16-32-53(54(47)57)58(43-35-33-38-17-7-8-19-40(38)37-43)52-31-14-12-26-46(52)48-28-15-29-49-50-36-34-39-18-9-10-24-44(39)55(50)59-56(48)49/h1-37H. The fourth-order valence-corrected chi connectivity index (χ4v) is 11.4. The molecule has 0 spiro atoms. The molecule has 0 unspecified atom stereocenters. The van der Waals surface area contributed by atoms with E-state index in [4.69, 9.17) is 0 Å². The van der Waals surface area contributed by atoms with Crippen molar-refractivity contribution < 1.29 is 0 Å². The number of rotatable bonds is 6. The first kappa shape index (κ1) is 33.8. The second-order valence-electron chi connectivity index (χ2n) is 15.6. The van der Waals surface area contributed by atoms with E-state index in [0.29, 0.717) is 0 Å². The lowest BCUT2D eigenvalue weighted by atomic mass is 9.67. The van der Waals surface area contributed by atoms with Gasteiger partial charge >= 0.3 is 0 Å². The second kappa shape index (κ2) is 13.4. The molecule has 10 aromatic carbocycles. The molecule has 0 fully saturated rings. The average molecular weight is 768 g/mol. The van der Waals surface area contributed by atoms with Gasteiger partial charge in [0.25, 0.3) is 0 Å². The lowest BCUT2D eigenvalue weighted by Gasteiger charge is -2.38. The molecule has 1 aliphatic carbocycles. The quantitative estimate of drug-likeness (QED) is 0.163. The highest BCUT2D eigenvalue weighted by atomic mass is 32.1. The van der Waals surface area contributed by atoms with E-state index in [1.807, 2.05) is 11.3 Å². The molecule has 276 valence electrons. The van der Waals surface area contributed by atoms with Crippen LogP contribution in [-0.4, -0.2) is 0 Å². The van der Waals surface area contributed by atoms with Crippen molar-refractivity contribution in [2.24, 2.45) is 0 Å². The van der Waals surface area contributed by atoms with Gasteiger partial charge in [0.2, 0.25) is 0 Å². The summed E-state index contributed by atoms with van der Waals surface area (Å²) in [6.45, 7) is 0. The van der Waals surface area contributed by atoms with Crippen molar-refractivity contribution in [1.82, 2.24) is 0 Å². The number of thiophene rings is 1. The summed E-state index contributed by atoms with van der Waals surface area (Å²) in [7, 11) is 0. The largest absolute Gasteiger partial charge is 0.309 e. The lowest BCUT2D eigenvalue weighted by molar-refractivity contribution is 0.768. The zero-order valence-electron chi connectivity index (χ0n) is 32.2. The Balaban J connectivity index is 1.19. The number of nitrogens with zero attached hydrogens (tertiary/aromatic N) is 1. The Hall–Kier alpha value is -7.26. The number of benzene rings is 10. The van der Waals surface area contributed by atoms with Crippen molar-refractivity contribution >= 4 is 70.1 Å². The van der Waals surface area contributed by atoms with E-state index in [2.05, 4.69) is 229 Å². The Labute approximate surface area is 347 Å². The Morgan fingerprint density at radius 3 is 1.71 bits per heavy atom. The fraction of sp³-hybridized carbons (Fsp3) is 0.0175. The molecule has 0 aliphatic heterocycles. The van der Waals surface area contributed by atoms with E-state index in [9.17, 15) is 0 Å². The molecular weight excluding hydrogens is 731 g/mol. The molecule has 0 saturated heterocycles. The fourth-order valence-electron chi connectivity index (χ4n) is 10.0. The number of hydrogen-bond acceptors (Lipinski definition) is 2. The number of para-hydroxylation sites is 1. The minimum atomic E-state index is -0.582. The average Bonchev–Trinajstić information content (AvgIpc) is 3.85. The number of anilines is 3. The molecule has 1 aromatic heterocycles. The first-order valence-electron chi connectivity index (χ1n) is 20.3. The maximum Gasteiger partial charge on any atom is 0.0734 e. The summed E-state index contributed by atoms with van der Waals surface area (Å²) in [5, 5.41) is 7.61. The van der Waals surface area contributed by atoms with Gasteiger partial charge in [-0.1, -0.05) is 200 Å². The van der Waals surface area contributed by atoms with Crippen LogP contribution in [-0.2, 0) is 5.41 Å². The molecule has 0 amide bonds. The van der Waals surface area contributed by atoms with E-state index < -0.39 is 5.41 Å². The molecule has 0 radical (unpaired) electrons. The van der Waals surface area contributed by atoms with E-state index in [1.54, 1.807) is 0 Å². The highest BCUT2D eigenvalue weighted by molar-refractivity contribution is 7.27. The molecule has 0 bridgehead atoms. The van der Waals surface area contributed by atoms with E-state index in [0.717, 1.165) is 17.1 Å². The van der Waals surface area contributed by atoms with Crippen molar-refractivity contribution in [3.63, 3.8) is 0 Å². The van der Waals surface area contributed by atoms with Gasteiger partial charge in [-0.25, -0.2) is 0 Å². The minimum absolute atomic E-state index is 0.582. The predicted octanol–water partition coefficient (Wildman–Crippen LogP) is 15.9. The minimum Gasteiger partial charge on any atom is -0.309 e. The monoisotopic (exact) mass is 767 g/mol. The van der Waals surface area contributed by atoms with Crippen LogP contribution in [0.5, 0.6) is 0 Å². The van der Waals surface area contributed by atoms with Gasteiger partial charge in [0.15, 0.2) is 0 Å². The Kier molecular flexibility index (Phi) is 7.69. The molecule has 59 heavy (non-hydrogen) atoms. The number of hydrogen-bond donors (Lipinski definition) is 0. The molecule has 1 nitrogen and oxygen atoms in total. The Bertz CT molecular complexity index is 3360. The lowest BCUT2D eigenvalue weighted by Crippen LogP contribution is -2.30. The van der Waals surface area contributed by atoms with Gasteiger partial charge in [0.05, 0.1) is 16.8 Å². The van der Waals surface area contributed by atoms with Crippen LogP contribution in [0.3, 0.4) is 0 Å². The van der Waals surface area contributed by atoms with Crippen molar-refractivity contribution in [2.75, 3.05) is 4.90 Å². The third kappa shape index (κ3) is 5.03. The van der Waals surface area contributed by atoms with Crippen molar-refractivity contribution in [2.45, 2.75) is 5.41 Å². The van der Waals surface area contributed by atoms with Crippen LogP contribution < -0.4 is 4.90 Å². The highest BCUT2D eigenvalue weighted by Gasteiger charge is 2.48. The van der Waals surface area contributed by atoms with Gasteiger partial charge in [0.1, 0.15) is 0 Å². The van der Waals surface area contributed by atoms with Gasteiger partial charge < -0.3 is 4.90 Å². The SMILES string of the molecule is c1ccc(C2(c3ccccc3)c3ccccc3-c3cccc(N(c4ccc5ccccc5c4)c4ccccc4-c4cccc5c4sc4c6ccccc6ccc54)c32)cc1.